The van der Waals surface area contributed by atoms with Crippen LogP contribution in [-0.2, 0) is 21.0 Å². The summed E-state index contributed by atoms with van der Waals surface area (Å²) in [6, 6.07) is 11.6. The van der Waals surface area contributed by atoms with Gasteiger partial charge in [0.25, 0.3) is 10.0 Å². The maximum Gasteiger partial charge on any atom is 0.416 e. The highest BCUT2D eigenvalue weighted by Crippen LogP contribution is 2.42. The van der Waals surface area contributed by atoms with Gasteiger partial charge in [0.15, 0.2) is 6.61 Å². The number of aliphatic carboxylic acids is 1. The summed E-state index contributed by atoms with van der Waals surface area (Å²) in [5, 5.41) is 7.99. The van der Waals surface area contributed by atoms with Crippen LogP contribution in [0.5, 0.6) is 5.75 Å². The van der Waals surface area contributed by atoms with Crippen molar-refractivity contribution in [3.63, 3.8) is 0 Å². The van der Waals surface area contributed by atoms with E-state index in [4.69, 9.17) is 21.4 Å². The fourth-order valence-electron chi connectivity index (χ4n) is 3.67. The summed E-state index contributed by atoms with van der Waals surface area (Å²) in [6.07, 6.45) is -4.46. The molecule has 3 aromatic rings. The summed E-state index contributed by atoms with van der Waals surface area (Å²) < 4.78 is 71.5. The first-order chi connectivity index (χ1) is 16.4. The number of hydrogen-bond donors (Lipinski definition) is 1. The van der Waals surface area contributed by atoms with Gasteiger partial charge >= 0.3 is 12.1 Å². The van der Waals surface area contributed by atoms with Crippen LogP contribution < -0.4 is 9.04 Å². The third-order valence-corrected chi connectivity index (χ3v) is 7.51. The van der Waals surface area contributed by atoms with Crippen LogP contribution in [0.4, 0.5) is 18.9 Å². The maximum absolute atomic E-state index is 13.4. The minimum absolute atomic E-state index is 0.0405. The van der Waals surface area contributed by atoms with Gasteiger partial charge in [-0.15, -0.1) is 11.6 Å². The Hall–Kier alpha value is -3.31. The zero-order chi connectivity index (χ0) is 25.5. The van der Waals surface area contributed by atoms with Gasteiger partial charge in [0, 0.05) is 5.56 Å². The van der Waals surface area contributed by atoms with Crippen LogP contribution in [0.2, 0.25) is 0 Å². The van der Waals surface area contributed by atoms with E-state index in [0.717, 1.165) is 16.4 Å². The molecule has 2 aromatic carbocycles. The average molecular weight is 527 g/mol. The molecule has 184 valence electrons. The number of anilines is 1. The van der Waals surface area contributed by atoms with Crippen LogP contribution in [-0.4, -0.2) is 37.6 Å². The molecule has 0 fully saturated rings. The standard InChI is InChI=1S/C23H18ClF3N2O5S/c1-13-10-16(6-9-20(13)34-12-21(30)31)35(32,33)29-11-17(24)22-19(29)8-7-18(28-22)14-2-4-15(5-3-14)23(25,26)27/h2-10,17H,11-12H2,1H3,(H,30,31). The van der Waals surface area contributed by atoms with Crippen molar-refractivity contribution in [2.45, 2.75) is 23.4 Å². The first-order valence-corrected chi connectivity index (χ1v) is 12.1. The number of hydrogen-bond acceptors (Lipinski definition) is 5. The van der Waals surface area contributed by atoms with Gasteiger partial charge in [-0.1, -0.05) is 12.1 Å². The van der Waals surface area contributed by atoms with Crippen LogP contribution >= 0.6 is 11.6 Å². The van der Waals surface area contributed by atoms with Gasteiger partial charge in [0.05, 0.1) is 39.5 Å². The van der Waals surface area contributed by atoms with Crippen LogP contribution in [0.15, 0.2) is 59.5 Å². The molecular formula is C23H18ClF3N2O5S. The number of sulfonamides is 1. The molecule has 4 rings (SSSR count). The Morgan fingerprint density at radius 2 is 1.86 bits per heavy atom. The topological polar surface area (TPSA) is 96.8 Å². The number of halogens is 4. The van der Waals surface area contributed by atoms with Crippen LogP contribution in [0.1, 0.15) is 22.2 Å². The lowest BCUT2D eigenvalue weighted by molar-refractivity contribution is -0.139. The SMILES string of the molecule is Cc1cc(S(=O)(=O)N2CC(Cl)c3nc(-c4ccc(C(F)(F)F)cc4)ccc32)ccc1OCC(=O)O. The van der Waals surface area contributed by atoms with Gasteiger partial charge in [-0.25, -0.2) is 18.2 Å². The maximum atomic E-state index is 13.4. The number of aromatic nitrogens is 1. The summed E-state index contributed by atoms with van der Waals surface area (Å²) in [4.78, 5) is 15.1. The van der Waals surface area contributed by atoms with E-state index < -0.39 is 39.7 Å². The molecule has 1 aliphatic rings. The van der Waals surface area contributed by atoms with Crippen molar-refractivity contribution in [3.05, 3.63) is 71.4 Å². The van der Waals surface area contributed by atoms with Crippen molar-refractivity contribution in [2.75, 3.05) is 17.5 Å². The molecule has 1 aromatic heterocycles. The summed E-state index contributed by atoms with van der Waals surface area (Å²) in [6.45, 7) is 0.947. The molecule has 1 atom stereocenters. The van der Waals surface area contributed by atoms with E-state index in [-0.39, 0.29) is 22.9 Å². The van der Waals surface area contributed by atoms with E-state index >= 15 is 0 Å². The largest absolute Gasteiger partial charge is 0.482 e. The molecule has 0 spiro atoms. The third-order valence-electron chi connectivity index (χ3n) is 5.39. The molecule has 1 N–H and O–H groups in total. The number of aryl methyl sites for hydroxylation is 1. The Kier molecular flexibility index (Phi) is 6.41. The van der Waals surface area contributed by atoms with Crippen molar-refractivity contribution < 1.29 is 36.2 Å². The summed E-state index contributed by atoms with van der Waals surface area (Å²) in [5.41, 5.74) is 1.00. The number of pyridine rings is 1. The highest BCUT2D eigenvalue weighted by atomic mass is 35.5. The molecule has 0 saturated heterocycles. The van der Waals surface area contributed by atoms with Crippen LogP contribution in [0.25, 0.3) is 11.3 Å². The number of carboxylic acids is 1. The summed E-state index contributed by atoms with van der Waals surface area (Å²) in [5.74, 6) is -0.919. The van der Waals surface area contributed by atoms with Gasteiger partial charge < -0.3 is 9.84 Å². The van der Waals surface area contributed by atoms with Crippen molar-refractivity contribution in [1.82, 2.24) is 4.98 Å². The first-order valence-electron chi connectivity index (χ1n) is 10.2. The molecule has 0 bridgehead atoms. The fraction of sp³-hybridized carbons (Fsp3) is 0.217. The molecule has 0 radical (unpaired) electrons. The van der Waals surface area contributed by atoms with E-state index in [1.807, 2.05) is 0 Å². The second-order valence-corrected chi connectivity index (χ2v) is 10.2. The van der Waals surface area contributed by atoms with Gasteiger partial charge in [-0.05, 0) is 55.0 Å². The predicted molar refractivity (Wildman–Crippen MR) is 122 cm³/mol. The first kappa shape index (κ1) is 24.8. The number of nitrogens with zero attached hydrogens (tertiary/aromatic N) is 2. The fourth-order valence-corrected chi connectivity index (χ4v) is 5.63. The van der Waals surface area contributed by atoms with E-state index in [1.54, 1.807) is 6.92 Å². The van der Waals surface area contributed by atoms with Crippen LogP contribution in [0.3, 0.4) is 0 Å². The van der Waals surface area contributed by atoms with Crippen molar-refractivity contribution >= 4 is 33.3 Å². The second kappa shape index (κ2) is 9.04. The molecule has 2 heterocycles. The molecule has 0 aliphatic carbocycles. The number of ether oxygens (including phenoxy) is 1. The lowest BCUT2D eigenvalue weighted by atomic mass is 10.1. The Morgan fingerprint density at radius 1 is 1.17 bits per heavy atom. The number of carboxylic acid groups (broad SMARTS) is 1. The van der Waals surface area contributed by atoms with E-state index in [9.17, 15) is 26.4 Å². The van der Waals surface area contributed by atoms with E-state index in [1.165, 1.54) is 42.5 Å². The molecule has 0 amide bonds. The van der Waals surface area contributed by atoms with E-state index in [0.29, 0.717) is 22.5 Å². The summed E-state index contributed by atoms with van der Waals surface area (Å²) in [7, 11) is -4.04. The van der Waals surface area contributed by atoms with Gasteiger partial charge in [-0.2, -0.15) is 13.2 Å². The average Bonchev–Trinajstić information content (AvgIpc) is 3.14. The number of alkyl halides is 4. The molecular weight excluding hydrogens is 509 g/mol. The van der Waals surface area contributed by atoms with Gasteiger partial charge in [0.2, 0.25) is 0 Å². The molecule has 35 heavy (non-hydrogen) atoms. The second-order valence-electron chi connectivity index (χ2n) is 7.79. The molecule has 12 heteroatoms. The Bertz CT molecular complexity index is 1400. The smallest absolute Gasteiger partial charge is 0.416 e. The van der Waals surface area contributed by atoms with Gasteiger partial charge in [-0.3, -0.25) is 4.31 Å². The predicted octanol–water partition coefficient (Wildman–Crippen LogP) is 5.03. The molecule has 1 aliphatic heterocycles. The highest BCUT2D eigenvalue weighted by molar-refractivity contribution is 7.92. The normalized spacial score (nSPS) is 15.7. The molecule has 0 saturated carbocycles. The third kappa shape index (κ3) is 4.92. The number of benzene rings is 2. The zero-order valence-electron chi connectivity index (χ0n) is 18.1. The minimum Gasteiger partial charge on any atom is -0.482 e. The summed E-state index contributed by atoms with van der Waals surface area (Å²) >= 11 is 6.41. The van der Waals surface area contributed by atoms with Crippen molar-refractivity contribution in [1.29, 1.82) is 0 Å². The molecule has 1 unspecified atom stereocenters. The minimum atomic E-state index is -4.46. The number of fused-ring (bicyclic) bond motifs is 1. The number of carbonyl (C=O) groups is 1. The lowest BCUT2D eigenvalue weighted by Crippen LogP contribution is -2.29. The van der Waals surface area contributed by atoms with Gasteiger partial charge in [0.1, 0.15) is 5.75 Å². The van der Waals surface area contributed by atoms with Crippen molar-refractivity contribution in [2.24, 2.45) is 0 Å². The van der Waals surface area contributed by atoms with E-state index in [2.05, 4.69) is 4.98 Å². The monoisotopic (exact) mass is 526 g/mol. The Morgan fingerprint density at radius 3 is 2.46 bits per heavy atom. The van der Waals surface area contributed by atoms with Crippen molar-refractivity contribution in [3.8, 4) is 17.0 Å². The zero-order valence-corrected chi connectivity index (χ0v) is 19.7. The van der Waals surface area contributed by atoms with Crippen LogP contribution in [0, 0.1) is 6.92 Å². The quantitative estimate of drug-likeness (QED) is 0.453. The molecule has 7 nitrogen and oxygen atoms in total. The Balaban J connectivity index is 1.63. The lowest BCUT2D eigenvalue weighted by Gasteiger charge is -2.20. The number of rotatable bonds is 6. The highest BCUT2D eigenvalue weighted by Gasteiger charge is 2.37. The Labute approximate surface area is 203 Å².